The van der Waals surface area contributed by atoms with E-state index in [-0.39, 0.29) is 0 Å². The van der Waals surface area contributed by atoms with Crippen LogP contribution in [0.2, 0.25) is 13.1 Å². The maximum atomic E-state index is 2.70. The highest BCUT2D eigenvalue weighted by Gasteiger charge is 2.16. The summed E-state index contributed by atoms with van der Waals surface area (Å²) >= 11 is 0. The molecule has 0 saturated carbocycles. The van der Waals surface area contributed by atoms with E-state index in [1.54, 1.807) is 5.57 Å². The first kappa shape index (κ1) is 14.0. The molecule has 0 N–H and O–H groups in total. The second-order valence-electron chi connectivity index (χ2n) is 5.63. The van der Waals surface area contributed by atoms with Gasteiger partial charge in [0, 0.05) is 6.04 Å². The van der Waals surface area contributed by atoms with Crippen LogP contribution in [-0.4, -0.2) is 32.8 Å². The molecule has 94 valence electrons. The largest absolute Gasteiger partial charge is 0.297 e. The fourth-order valence-electron chi connectivity index (χ4n) is 2.61. The summed E-state index contributed by atoms with van der Waals surface area (Å²) in [6, 6.07) is 0.674. The van der Waals surface area contributed by atoms with E-state index in [2.05, 4.69) is 37.5 Å². The van der Waals surface area contributed by atoms with Crippen molar-refractivity contribution in [3.05, 3.63) is 11.3 Å². The fraction of sp³-hybridized carbons (Fsp3) is 0.857. The molecule has 0 amide bonds. The summed E-state index contributed by atoms with van der Waals surface area (Å²) in [5, 5.41) is 0. The van der Waals surface area contributed by atoms with Gasteiger partial charge in [0.25, 0.3) is 0 Å². The molecule has 0 aromatic rings. The van der Waals surface area contributed by atoms with Gasteiger partial charge in [0.15, 0.2) is 0 Å². The summed E-state index contributed by atoms with van der Waals surface area (Å²) in [6.45, 7) is 12.2. The molecule has 1 nitrogen and oxygen atoms in total. The van der Waals surface area contributed by atoms with Crippen LogP contribution < -0.4 is 0 Å². The Morgan fingerprint density at radius 1 is 1.06 bits per heavy atom. The molecule has 1 unspecified atom stereocenters. The second kappa shape index (κ2) is 7.28. The van der Waals surface area contributed by atoms with E-state index in [1.165, 1.54) is 45.2 Å². The van der Waals surface area contributed by atoms with Crippen molar-refractivity contribution in [1.29, 1.82) is 0 Å². The fourth-order valence-corrected chi connectivity index (χ4v) is 3.94. The molecule has 0 aliphatic carbocycles. The van der Waals surface area contributed by atoms with E-state index in [0.717, 1.165) is 0 Å². The maximum Gasteiger partial charge on any atom is 0.0554 e. The zero-order chi connectivity index (χ0) is 12.0. The number of hydrogen-bond donors (Lipinski definition) is 0. The molecule has 0 aromatic heterocycles. The van der Waals surface area contributed by atoms with Crippen molar-refractivity contribution >= 4 is 8.80 Å². The Kier molecular flexibility index (Phi) is 6.36. The van der Waals surface area contributed by atoms with Gasteiger partial charge in [0.2, 0.25) is 0 Å². The third kappa shape index (κ3) is 4.83. The lowest BCUT2D eigenvalue weighted by molar-refractivity contribution is 0.212. The van der Waals surface area contributed by atoms with Gasteiger partial charge in [-0.3, -0.25) is 4.90 Å². The number of hydrogen-bond acceptors (Lipinski definition) is 1. The first-order valence-electron chi connectivity index (χ1n) is 7.03. The van der Waals surface area contributed by atoms with Gasteiger partial charge >= 0.3 is 0 Å². The van der Waals surface area contributed by atoms with Crippen molar-refractivity contribution in [3.63, 3.8) is 0 Å². The minimum absolute atomic E-state index is 0.548. The van der Waals surface area contributed by atoms with Crippen LogP contribution in [0.15, 0.2) is 11.3 Å². The van der Waals surface area contributed by atoms with Crippen LogP contribution in [0.3, 0.4) is 0 Å². The molecule has 1 saturated heterocycles. The first-order valence-corrected chi connectivity index (χ1v) is 10.0. The van der Waals surface area contributed by atoms with Gasteiger partial charge in [-0.15, -0.1) is 0 Å². The highest BCUT2D eigenvalue weighted by Crippen LogP contribution is 2.16. The molecule has 1 rings (SSSR count). The van der Waals surface area contributed by atoms with Crippen LogP contribution in [0.5, 0.6) is 0 Å². The van der Waals surface area contributed by atoms with Crippen LogP contribution in [0.25, 0.3) is 0 Å². The summed E-state index contributed by atoms with van der Waals surface area (Å²) in [5.74, 6) is 0. The average molecular weight is 239 g/mol. The van der Waals surface area contributed by atoms with E-state index < -0.39 is 8.80 Å². The van der Waals surface area contributed by atoms with Gasteiger partial charge in [0.05, 0.1) is 8.80 Å². The van der Waals surface area contributed by atoms with Gasteiger partial charge in [-0.1, -0.05) is 43.6 Å². The normalized spacial score (nSPS) is 22.9. The molecule has 16 heavy (non-hydrogen) atoms. The Hall–Kier alpha value is -0.0831. The van der Waals surface area contributed by atoms with Crippen molar-refractivity contribution in [2.45, 2.75) is 65.1 Å². The van der Waals surface area contributed by atoms with Crippen molar-refractivity contribution in [2.75, 3.05) is 13.1 Å². The molecule has 1 atom stereocenters. The number of rotatable bonds is 3. The molecular weight excluding hydrogens is 210 g/mol. The topological polar surface area (TPSA) is 3.24 Å². The molecule has 1 aliphatic heterocycles. The molecule has 1 heterocycles. The molecule has 0 spiro atoms. The van der Waals surface area contributed by atoms with E-state index in [1.807, 2.05) is 0 Å². The lowest BCUT2D eigenvalue weighted by Crippen LogP contribution is -2.36. The quantitative estimate of drug-likeness (QED) is 0.680. The predicted octanol–water partition coefficient (Wildman–Crippen LogP) is 3.61. The minimum Gasteiger partial charge on any atom is -0.297 e. The van der Waals surface area contributed by atoms with Crippen LogP contribution in [0.4, 0.5) is 0 Å². The summed E-state index contributed by atoms with van der Waals surface area (Å²) < 4.78 is 0. The molecule has 0 bridgehead atoms. The van der Waals surface area contributed by atoms with Crippen molar-refractivity contribution in [3.8, 4) is 0 Å². The van der Waals surface area contributed by atoms with Gasteiger partial charge in [0.1, 0.15) is 0 Å². The van der Waals surface area contributed by atoms with E-state index in [4.69, 9.17) is 0 Å². The molecular formula is C14H29NSi. The zero-order valence-corrected chi connectivity index (χ0v) is 12.8. The highest BCUT2D eigenvalue weighted by atomic mass is 28.3. The van der Waals surface area contributed by atoms with Gasteiger partial charge in [-0.2, -0.15) is 0 Å². The molecule has 1 aliphatic rings. The second-order valence-corrected chi connectivity index (χ2v) is 8.46. The average Bonchev–Trinajstić information content (AvgIpc) is 2.15. The van der Waals surface area contributed by atoms with Crippen molar-refractivity contribution in [1.82, 2.24) is 4.90 Å². The van der Waals surface area contributed by atoms with Gasteiger partial charge in [-0.05, 0) is 39.8 Å². The maximum absolute atomic E-state index is 2.70. The summed E-state index contributed by atoms with van der Waals surface area (Å²) in [4.78, 5) is 2.70. The third-order valence-electron chi connectivity index (χ3n) is 3.69. The van der Waals surface area contributed by atoms with Crippen LogP contribution in [0, 0.1) is 0 Å². The summed E-state index contributed by atoms with van der Waals surface area (Å²) in [5.41, 5.74) is 4.17. The number of likely N-dealkylation sites (tertiary alicyclic amines) is 1. The zero-order valence-electron chi connectivity index (χ0n) is 11.6. The van der Waals surface area contributed by atoms with Gasteiger partial charge in [-0.25, -0.2) is 0 Å². The standard InChI is InChI=1S/C14H29NSi/c1-13(12-16(3)4)14(2)15-10-8-6-5-7-9-11-15/h12,14,16H,5-11H2,1-4H3. The minimum atomic E-state index is -0.548. The van der Waals surface area contributed by atoms with Crippen LogP contribution in [-0.2, 0) is 0 Å². The van der Waals surface area contributed by atoms with E-state index in [0.29, 0.717) is 6.04 Å². The van der Waals surface area contributed by atoms with Gasteiger partial charge < -0.3 is 0 Å². The third-order valence-corrected chi connectivity index (χ3v) is 4.89. The molecule has 0 aromatic carbocycles. The highest BCUT2D eigenvalue weighted by molar-refractivity contribution is 6.61. The van der Waals surface area contributed by atoms with E-state index in [9.17, 15) is 0 Å². The van der Waals surface area contributed by atoms with E-state index >= 15 is 0 Å². The Morgan fingerprint density at radius 2 is 1.56 bits per heavy atom. The van der Waals surface area contributed by atoms with Crippen molar-refractivity contribution < 1.29 is 0 Å². The Bertz CT molecular complexity index is 215. The summed E-state index contributed by atoms with van der Waals surface area (Å²) in [7, 11) is -0.548. The molecule has 1 fully saturated rings. The lowest BCUT2D eigenvalue weighted by Gasteiger charge is -2.31. The predicted molar refractivity (Wildman–Crippen MR) is 76.8 cm³/mol. The monoisotopic (exact) mass is 239 g/mol. The van der Waals surface area contributed by atoms with Crippen LogP contribution >= 0.6 is 0 Å². The molecule has 0 radical (unpaired) electrons. The Morgan fingerprint density at radius 3 is 2.06 bits per heavy atom. The van der Waals surface area contributed by atoms with Crippen molar-refractivity contribution in [2.24, 2.45) is 0 Å². The first-order chi connectivity index (χ1) is 7.61. The Balaban J connectivity index is 2.52. The number of nitrogens with zero attached hydrogens (tertiary/aromatic N) is 1. The lowest BCUT2D eigenvalue weighted by atomic mass is 10.0. The smallest absolute Gasteiger partial charge is 0.0554 e. The van der Waals surface area contributed by atoms with Crippen LogP contribution in [0.1, 0.15) is 46.0 Å². The SMILES string of the molecule is CC(=C[SiH](C)C)C(C)N1CCCCCCC1. The Labute approximate surface area is 104 Å². The molecule has 2 heteroatoms. The summed E-state index contributed by atoms with van der Waals surface area (Å²) in [6.07, 6.45) is 7.12.